The molecule has 0 fully saturated rings. The number of furan rings is 1. The number of hydrogen-bond acceptors (Lipinski definition) is 6. The van der Waals surface area contributed by atoms with Crippen LogP contribution < -0.4 is 4.74 Å². The lowest BCUT2D eigenvalue weighted by atomic mass is 10.2. The second-order valence-electron chi connectivity index (χ2n) is 7.16. The summed E-state index contributed by atoms with van der Waals surface area (Å²) in [7, 11) is 3.72. The van der Waals surface area contributed by atoms with Gasteiger partial charge in [0.2, 0.25) is 0 Å². The predicted octanol–water partition coefficient (Wildman–Crippen LogP) is 5.45. The molecule has 160 valence electrons. The molecular weight excluding hydrogens is 432 g/mol. The molecule has 31 heavy (non-hydrogen) atoms. The molecule has 0 saturated heterocycles. The molecule has 2 heterocycles. The fraction of sp³-hybridized carbons (Fsp3) is 0.217. The van der Waals surface area contributed by atoms with E-state index in [1.165, 1.54) is 0 Å². The lowest BCUT2D eigenvalue weighted by molar-refractivity contribution is 0.307. The van der Waals surface area contributed by atoms with E-state index in [9.17, 15) is 0 Å². The molecule has 0 atom stereocenters. The van der Waals surface area contributed by atoms with Gasteiger partial charge in [0.25, 0.3) is 0 Å². The number of rotatable bonds is 9. The van der Waals surface area contributed by atoms with Crippen molar-refractivity contribution in [3.05, 3.63) is 89.1 Å². The molecule has 0 aliphatic heterocycles. The van der Waals surface area contributed by atoms with Gasteiger partial charge in [0.05, 0.1) is 31.9 Å². The molecule has 2 aromatic heterocycles. The second kappa shape index (κ2) is 10.0. The van der Waals surface area contributed by atoms with Crippen molar-refractivity contribution in [3.8, 4) is 11.4 Å². The van der Waals surface area contributed by atoms with Crippen LogP contribution in [0.3, 0.4) is 0 Å². The smallest absolute Gasteiger partial charge is 0.196 e. The zero-order chi connectivity index (χ0) is 21.6. The minimum atomic E-state index is 0.632. The van der Waals surface area contributed by atoms with E-state index in [2.05, 4.69) is 32.8 Å². The maximum Gasteiger partial charge on any atom is 0.196 e. The van der Waals surface area contributed by atoms with Crippen LogP contribution in [0.1, 0.15) is 17.0 Å². The highest BCUT2D eigenvalue weighted by atomic mass is 35.5. The Morgan fingerprint density at radius 3 is 2.71 bits per heavy atom. The molecule has 0 amide bonds. The molecular formula is C23H23ClN4O2S. The van der Waals surface area contributed by atoms with Gasteiger partial charge in [-0.2, -0.15) is 0 Å². The van der Waals surface area contributed by atoms with Crippen molar-refractivity contribution in [2.75, 3.05) is 14.2 Å². The first-order valence-electron chi connectivity index (χ1n) is 9.78. The van der Waals surface area contributed by atoms with E-state index in [0.29, 0.717) is 6.54 Å². The number of aromatic nitrogens is 3. The highest BCUT2D eigenvalue weighted by Crippen LogP contribution is 2.28. The van der Waals surface area contributed by atoms with Crippen molar-refractivity contribution in [2.24, 2.45) is 0 Å². The van der Waals surface area contributed by atoms with E-state index in [1.54, 1.807) is 31.4 Å². The minimum Gasteiger partial charge on any atom is -0.497 e. The Hall–Kier alpha value is -2.74. The van der Waals surface area contributed by atoms with Gasteiger partial charge in [-0.1, -0.05) is 41.6 Å². The number of thioether (sulfide) groups is 1. The zero-order valence-corrected chi connectivity index (χ0v) is 18.9. The first-order chi connectivity index (χ1) is 15.1. The molecule has 4 aromatic rings. The monoisotopic (exact) mass is 454 g/mol. The minimum absolute atomic E-state index is 0.632. The van der Waals surface area contributed by atoms with E-state index in [0.717, 1.165) is 50.9 Å². The van der Waals surface area contributed by atoms with E-state index in [-0.39, 0.29) is 0 Å². The van der Waals surface area contributed by atoms with Crippen molar-refractivity contribution >= 4 is 23.4 Å². The summed E-state index contributed by atoms with van der Waals surface area (Å²) in [6, 6.07) is 17.8. The van der Waals surface area contributed by atoms with E-state index < -0.39 is 0 Å². The van der Waals surface area contributed by atoms with Crippen LogP contribution >= 0.6 is 23.4 Å². The maximum absolute atomic E-state index is 6.14. The SMILES string of the molecule is COc1cccc(-n2c(CN(C)Cc3ccoc3)nnc2SCc2cccc(Cl)c2)c1. The van der Waals surface area contributed by atoms with Crippen LogP contribution in [0.5, 0.6) is 5.75 Å². The summed E-state index contributed by atoms with van der Waals surface area (Å²) in [4.78, 5) is 2.18. The summed E-state index contributed by atoms with van der Waals surface area (Å²) in [6.45, 7) is 1.39. The van der Waals surface area contributed by atoms with Crippen molar-refractivity contribution in [1.29, 1.82) is 0 Å². The molecule has 0 N–H and O–H groups in total. The molecule has 0 saturated carbocycles. The number of hydrogen-bond donors (Lipinski definition) is 0. The van der Waals surface area contributed by atoms with Crippen molar-refractivity contribution in [2.45, 2.75) is 24.0 Å². The average molecular weight is 455 g/mol. The largest absolute Gasteiger partial charge is 0.497 e. The average Bonchev–Trinajstić information content (AvgIpc) is 3.42. The van der Waals surface area contributed by atoms with Crippen molar-refractivity contribution < 1.29 is 9.15 Å². The Kier molecular flexibility index (Phi) is 6.96. The molecule has 0 aliphatic rings. The fourth-order valence-corrected chi connectivity index (χ4v) is 4.40. The molecule has 6 nitrogen and oxygen atoms in total. The van der Waals surface area contributed by atoms with Gasteiger partial charge in [0, 0.05) is 29.0 Å². The van der Waals surface area contributed by atoms with Crippen molar-refractivity contribution in [1.82, 2.24) is 19.7 Å². The maximum atomic E-state index is 6.14. The standard InChI is InChI=1S/C23H23ClN4O2S/c1-27(13-18-9-10-30-15-18)14-22-25-26-23(31-16-17-5-3-6-19(24)11-17)28(22)20-7-4-8-21(12-20)29-2/h3-12,15H,13-14,16H2,1-2H3. The summed E-state index contributed by atoms with van der Waals surface area (Å²) in [5, 5.41) is 10.5. The van der Waals surface area contributed by atoms with Gasteiger partial charge < -0.3 is 9.15 Å². The van der Waals surface area contributed by atoms with Gasteiger partial charge in [-0.3, -0.25) is 9.47 Å². The zero-order valence-electron chi connectivity index (χ0n) is 17.4. The fourth-order valence-electron chi connectivity index (χ4n) is 3.27. The van der Waals surface area contributed by atoms with Crippen LogP contribution in [0.25, 0.3) is 5.69 Å². The topological polar surface area (TPSA) is 56.3 Å². The molecule has 0 unspecified atom stereocenters. The summed E-state index contributed by atoms with van der Waals surface area (Å²) < 4.78 is 12.7. The summed E-state index contributed by atoms with van der Waals surface area (Å²) in [5.41, 5.74) is 3.21. The van der Waals surface area contributed by atoms with E-state index >= 15 is 0 Å². The highest BCUT2D eigenvalue weighted by molar-refractivity contribution is 7.98. The molecule has 8 heteroatoms. The first kappa shape index (κ1) is 21.5. The molecule has 2 aromatic carbocycles. The normalized spacial score (nSPS) is 11.2. The Bertz CT molecular complexity index is 1130. The number of benzene rings is 2. The quantitative estimate of drug-likeness (QED) is 0.313. The lowest BCUT2D eigenvalue weighted by Gasteiger charge is -2.17. The number of ether oxygens (including phenoxy) is 1. The van der Waals surface area contributed by atoms with Crippen LogP contribution in [0.4, 0.5) is 0 Å². The molecule has 4 rings (SSSR count). The van der Waals surface area contributed by atoms with Crippen LogP contribution in [-0.2, 0) is 18.8 Å². The van der Waals surface area contributed by atoms with Gasteiger partial charge in [0.15, 0.2) is 11.0 Å². The molecule has 0 spiro atoms. The van der Waals surface area contributed by atoms with Crippen LogP contribution in [0, 0.1) is 0 Å². The number of nitrogens with zero attached hydrogens (tertiary/aromatic N) is 4. The third-order valence-corrected chi connectivity index (χ3v) is 5.95. The van der Waals surface area contributed by atoms with E-state index in [1.807, 2.05) is 48.5 Å². The second-order valence-corrected chi connectivity index (χ2v) is 8.54. The van der Waals surface area contributed by atoms with Crippen LogP contribution in [-0.4, -0.2) is 33.8 Å². The van der Waals surface area contributed by atoms with Gasteiger partial charge in [0.1, 0.15) is 5.75 Å². The Balaban J connectivity index is 1.61. The highest BCUT2D eigenvalue weighted by Gasteiger charge is 2.17. The summed E-state index contributed by atoms with van der Waals surface area (Å²) in [5.74, 6) is 2.38. The summed E-state index contributed by atoms with van der Waals surface area (Å²) in [6.07, 6.45) is 3.45. The predicted molar refractivity (Wildman–Crippen MR) is 123 cm³/mol. The van der Waals surface area contributed by atoms with E-state index in [4.69, 9.17) is 20.8 Å². The molecule has 0 radical (unpaired) electrons. The third-order valence-electron chi connectivity index (χ3n) is 4.71. The van der Waals surface area contributed by atoms with Gasteiger partial charge in [-0.25, -0.2) is 0 Å². The summed E-state index contributed by atoms with van der Waals surface area (Å²) >= 11 is 7.77. The van der Waals surface area contributed by atoms with Gasteiger partial charge in [-0.15, -0.1) is 10.2 Å². The number of methoxy groups -OCH3 is 1. The molecule has 0 aliphatic carbocycles. The van der Waals surface area contributed by atoms with Gasteiger partial charge >= 0.3 is 0 Å². The van der Waals surface area contributed by atoms with Gasteiger partial charge in [-0.05, 0) is 42.9 Å². The Morgan fingerprint density at radius 1 is 1.06 bits per heavy atom. The Labute approximate surface area is 190 Å². The molecule has 0 bridgehead atoms. The lowest BCUT2D eigenvalue weighted by Crippen LogP contribution is -2.19. The van der Waals surface area contributed by atoms with Crippen molar-refractivity contribution in [3.63, 3.8) is 0 Å². The first-order valence-corrected chi connectivity index (χ1v) is 11.1. The third kappa shape index (κ3) is 5.50. The Morgan fingerprint density at radius 2 is 1.94 bits per heavy atom. The number of halogens is 1. The van der Waals surface area contributed by atoms with Crippen LogP contribution in [0.2, 0.25) is 5.02 Å². The van der Waals surface area contributed by atoms with Crippen LogP contribution in [0.15, 0.2) is 76.7 Å².